The second-order valence-corrected chi connectivity index (χ2v) is 9.31. The smallest absolute Gasteiger partial charge is 0.259 e. The summed E-state index contributed by atoms with van der Waals surface area (Å²) in [7, 11) is 3.10. The Morgan fingerprint density at radius 1 is 0.974 bits per heavy atom. The van der Waals surface area contributed by atoms with Crippen LogP contribution >= 0.6 is 0 Å². The molecule has 5 rings (SSSR count). The largest absolute Gasteiger partial charge is 0.493 e. The molecule has 0 bridgehead atoms. The van der Waals surface area contributed by atoms with Gasteiger partial charge in [0.2, 0.25) is 0 Å². The van der Waals surface area contributed by atoms with Gasteiger partial charge in [0.05, 0.1) is 42.4 Å². The highest BCUT2D eigenvalue weighted by molar-refractivity contribution is 6.51. The van der Waals surface area contributed by atoms with Gasteiger partial charge in [-0.2, -0.15) is 0 Å². The number of likely N-dealkylation sites (N-methyl/N-ethyl adjacent to an activating group) is 1. The number of para-hydroxylation sites is 1. The molecule has 2 amide bonds. The molecule has 1 aliphatic rings. The van der Waals surface area contributed by atoms with E-state index in [0.717, 1.165) is 29.5 Å². The minimum atomic E-state index is -0.646. The van der Waals surface area contributed by atoms with E-state index in [1.807, 2.05) is 41.1 Å². The van der Waals surface area contributed by atoms with Crippen molar-refractivity contribution in [3.05, 3.63) is 59.9 Å². The molecule has 198 valence electrons. The summed E-state index contributed by atoms with van der Waals surface area (Å²) in [4.78, 5) is 31.9. The number of methoxy groups -OCH3 is 2. The molecular formula is C29H32N4O5. The van der Waals surface area contributed by atoms with Crippen LogP contribution in [-0.4, -0.2) is 71.3 Å². The van der Waals surface area contributed by atoms with E-state index in [1.165, 1.54) is 0 Å². The van der Waals surface area contributed by atoms with Crippen molar-refractivity contribution in [3.8, 4) is 11.5 Å². The standard InChI is InChI=1S/C29H32N4O5/c1-5-32(6-2)14-17(34)15-33-16-20(24-22(33)11-12-23(37-3)27(24)38-4)26-25(28(35)31-29(26)36)19-13-30-21-10-8-7-9-18(19)21/h7-13,16-17,30,34H,5-6,14-15H2,1-4H3,(H,31,35,36). The van der Waals surface area contributed by atoms with Crippen LogP contribution in [0.1, 0.15) is 25.0 Å². The Kier molecular flexibility index (Phi) is 6.96. The predicted molar refractivity (Wildman–Crippen MR) is 147 cm³/mol. The fourth-order valence-corrected chi connectivity index (χ4v) is 5.36. The number of aromatic amines is 1. The van der Waals surface area contributed by atoms with Crippen LogP contribution in [0, 0.1) is 0 Å². The number of ether oxygens (including phenoxy) is 2. The maximum absolute atomic E-state index is 13.3. The van der Waals surface area contributed by atoms with Crippen LogP contribution in [0.2, 0.25) is 0 Å². The average molecular weight is 517 g/mol. The van der Waals surface area contributed by atoms with Crippen LogP contribution in [0.15, 0.2) is 48.8 Å². The van der Waals surface area contributed by atoms with Gasteiger partial charge >= 0.3 is 0 Å². The molecule has 38 heavy (non-hydrogen) atoms. The topological polar surface area (TPSA) is 109 Å². The van der Waals surface area contributed by atoms with Crippen LogP contribution in [0.3, 0.4) is 0 Å². The Morgan fingerprint density at radius 3 is 2.37 bits per heavy atom. The highest BCUT2D eigenvalue weighted by Crippen LogP contribution is 2.44. The molecule has 1 aliphatic heterocycles. The van der Waals surface area contributed by atoms with Gasteiger partial charge < -0.3 is 29.0 Å². The van der Waals surface area contributed by atoms with Gasteiger partial charge in [-0.1, -0.05) is 32.0 Å². The quantitative estimate of drug-likeness (QED) is 0.279. The number of aliphatic hydroxyl groups excluding tert-OH is 1. The molecule has 0 spiro atoms. The molecule has 4 aromatic rings. The van der Waals surface area contributed by atoms with Gasteiger partial charge in [0.25, 0.3) is 11.8 Å². The Bertz CT molecular complexity index is 1560. The van der Waals surface area contributed by atoms with Gasteiger partial charge in [-0.15, -0.1) is 0 Å². The number of rotatable bonds is 10. The lowest BCUT2D eigenvalue weighted by atomic mass is 9.95. The highest BCUT2D eigenvalue weighted by Gasteiger charge is 2.36. The SMILES string of the molecule is CCN(CC)CC(O)Cn1cc(C2=C(c3c[nH]c4ccccc34)C(=O)NC2=O)c2c(OC)c(OC)ccc21. The molecule has 2 aromatic carbocycles. The van der Waals surface area contributed by atoms with E-state index in [9.17, 15) is 14.7 Å². The fourth-order valence-electron chi connectivity index (χ4n) is 5.36. The minimum Gasteiger partial charge on any atom is -0.493 e. The molecule has 2 aromatic heterocycles. The number of carbonyl (C=O) groups excluding carboxylic acids is 2. The number of aliphatic hydroxyl groups is 1. The zero-order valence-corrected chi connectivity index (χ0v) is 22.0. The lowest BCUT2D eigenvalue weighted by Gasteiger charge is -2.22. The first-order chi connectivity index (χ1) is 18.4. The molecular weight excluding hydrogens is 484 g/mol. The molecule has 0 saturated heterocycles. The number of nitrogens with zero attached hydrogens (tertiary/aromatic N) is 2. The number of fused-ring (bicyclic) bond motifs is 2. The first kappa shape index (κ1) is 25.6. The molecule has 1 unspecified atom stereocenters. The molecule has 0 saturated carbocycles. The summed E-state index contributed by atoms with van der Waals surface area (Å²) in [5, 5.41) is 14.9. The van der Waals surface area contributed by atoms with E-state index < -0.39 is 17.9 Å². The van der Waals surface area contributed by atoms with E-state index in [0.29, 0.717) is 46.7 Å². The Hall–Kier alpha value is -4.08. The van der Waals surface area contributed by atoms with Crippen molar-refractivity contribution in [2.75, 3.05) is 33.9 Å². The molecule has 9 heteroatoms. The van der Waals surface area contributed by atoms with Crippen LogP contribution in [0.25, 0.3) is 33.0 Å². The average Bonchev–Trinajstić information content (AvgIpc) is 3.59. The van der Waals surface area contributed by atoms with Gasteiger partial charge in [0.15, 0.2) is 11.5 Å². The molecule has 0 aliphatic carbocycles. The molecule has 0 fully saturated rings. The number of amides is 2. The number of imide groups is 1. The van der Waals surface area contributed by atoms with Crippen molar-refractivity contribution in [2.45, 2.75) is 26.5 Å². The summed E-state index contributed by atoms with van der Waals surface area (Å²) < 4.78 is 13.2. The van der Waals surface area contributed by atoms with E-state index in [4.69, 9.17) is 9.47 Å². The van der Waals surface area contributed by atoms with E-state index in [1.54, 1.807) is 26.5 Å². The molecule has 3 heterocycles. The monoisotopic (exact) mass is 516 g/mol. The predicted octanol–water partition coefficient (Wildman–Crippen LogP) is 3.41. The maximum Gasteiger partial charge on any atom is 0.259 e. The Balaban J connectivity index is 1.75. The zero-order valence-electron chi connectivity index (χ0n) is 22.0. The van der Waals surface area contributed by atoms with Crippen molar-refractivity contribution in [2.24, 2.45) is 0 Å². The molecule has 9 nitrogen and oxygen atoms in total. The van der Waals surface area contributed by atoms with E-state index in [-0.39, 0.29) is 5.57 Å². The van der Waals surface area contributed by atoms with Crippen LogP contribution in [-0.2, 0) is 16.1 Å². The van der Waals surface area contributed by atoms with Crippen molar-refractivity contribution < 1.29 is 24.2 Å². The van der Waals surface area contributed by atoms with Gasteiger partial charge in [0.1, 0.15) is 0 Å². The summed E-state index contributed by atoms with van der Waals surface area (Å²) in [6, 6.07) is 11.3. The van der Waals surface area contributed by atoms with Gasteiger partial charge in [0, 0.05) is 47.5 Å². The van der Waals surface area contributed by atoms with Crippen molar-refractivity contribution in [3.63, 3.8) is 0 Å². The van der Waals surface area contributed by atoms with Crippen molar-refractivity contribution in [1.82, 2.24) is 19.8 Å². The number of carbonyl (C=O) groups is 2. The van der Waals surface area contributed by atoms with Crippen molar-refractivity contribution >= 4 is 44.8 Å². The van der Waals surface area contributed by atoms with Gasteiger partial charge in [-0.25, -0.2) is 0 Å². The van der Waals surface area contributed by atoms with Crippen LogP contribution in [0.4, 0.5) is 0 Å². The fraction of sp³-hybridized carbons (Fsp3) is 0.310. The van der Waals surface area contributed by atoms with Crippen molar-refractivity contribution in [1.29, 1.82) is 0 Å². The third-order valence-corrected chi connectivity index (χ3v) is 7.22. The van der Waals surface area contributed by atoms with Crippen LogP contribution in [0.5, 0.6) is 11.5 Å². The maximum atomic E-state index is 13.3. The number of nitrogens with one attached hydrogen (secondary N) is 2. The highest BCUT2D eigenvalue weighted by atomic mass is 16.5. The lowest BCUT2D eigenvalue weighted by Crippen LogP contribution is -2.34. The lowest BCUT2D eigenvalue weighted by molar-refractivity contribution is -0.122. The zero-order chi connectivity index (χ0) is 27.0. The van der Waals surface area contributed by atoms with Crippen LogP contribution < -0.4 is 14.8 Å². The van der Waals surface area contributed by atoms with E-state index >= 15 is 0 Å². The van der Waals surface area contributed by atoms with Gasteiger partial charge in [-0.3, -0.25) is 14.9 Å². The second-order valence-electron chi connectivity index (χ2n) is 9.31. The first-order valence-electron chi connectivity index (χ1n) is 12.7. The number of aromatic nitrogens is 2. The number of hydrogen-bond acceptors (Lipinski definition) is 6. The Labute approximate surface area is 220 Å². The van der Waals surface area contributed by atoms with E-state index in [2.05, 4.69) is 29.0 Å². The normalized spacial score (nSPS) is 14.7. The first-order valence-corrected chi connectivity index (χ1v) is 12.7. The molecule has 0 radical (unpaired) electrons. The third-order valence-electron chi connectivity index (χ3n) is 7.22. The molecule has 3 N–H and O–H groups in total. The third kappa shape index (κ3) is 4.23. The number of hydrogen-bond donors (Lipinski definition) is 3. The summed E-state index contributed by atoms with van der Waals surface area (Å²) >= 11 is 0. The Morgan fingerprint density at radius 2 is 1.68 bits per heavy atom. The summed E-state index contributed by atoms with van der Waals surface area (Å²) in [5.41, 5.74) is 3.35. The second kappa shape index (κ2) is 10.4. The summed E-state index contributed by atoms with van der Waals surface area (Å²) in [6.45, 7) is 6.60. The molecule has 1 atom stereocenters. The summed E-state index contributed by atoms with van der Waals surface area (Å²) in [6.07, 6.45) is 2.93. The van der Waals surface area contributed by atoms with Gasteiger partial charge in [-0.05, 0) is 31.3 Å². The number of H-pyrrole nitrogens is 1. The number of benzene rings is 2. The summed E-state index contributed by atoms with van der Waals surface area (Å²) in [5.74, 6) is 0.0125. The minimum absolute atomic E-state index is 0.258.